The van der Waals surface area contributed by atoms with E-state index in [1.165, 1.54) is 0 Å². The van der Waals surface area contributed by atoms with Gasteiger partial charge in [-0.3, -0.25) is 9.59 Å². The van der Waals surface area contributed by atoms with E-state index in [4.69, 9.17) is 4.74 Å². The van der Waals surface area contributed by atoms with Gasteiger partial charge in [-0.2, -0.15) is 0 Å². The first-order valence-corrected chi connectivity index (χ1v) is 8.17. The number of ketones is 1. The molecule has 1 amide bonds. The van der Waals surface area contributed by atoms with Crippen LogP contribution in [0, 0.1) is 0 Å². The number of nitrogens with zero attached hydrogens (tertiary/aromatic N) is 2. The van der Waals surface area contributed by atoms with Gasteiger partial charge in [0.25, 0.3) is 0 Å². The normalized spacial score (nSPS) is 10.4. The number of aryl methyl sites for hydroxylation is 1. The molecule has 0 radical (unpaired) electrons. The highest BCUT2D eigenvalue weighted by Crippen LogP contribution is 2.14. The summed E-state index contributed by atoms with van der Waals surface area (Å²) in [4.78, 5) is 27.8. The van der Waals surface area contributed by atoms with Crippen LogP contribution in [0.25, 0.3) is 0 Å². The lowest BCUT2D eigenvalue weighted by Gasteiger charge is -2.06. The van der Waals surface area contributed by atoms with Crippen molar-refractivity contribution in [1.82, 2.24) is 14.9 Å². The minimum Gasteiger partial charge on any atom is -0.494 e. The molecule has 0 saturated heterocycles. The van der Waals surface area contributed by atoms with E-state index in [1.54, 1.807) is 36.8 Å². The highest BCUT2D eigenvalue weighted by atomic mass is 16.5. The Morgan fingerprint density at radius 1 is 1.21 bits per heavy atom. The maximum Gasteiger partial charge on any atom is 0.220 e. The molecule has 24 heavy (non-hydrogen) atoms. The molecule has 1 heterocycles. The van der Waals surface area contributed by atoms with E-state index in [0.29, 0.717) is 18.7 Å². The van der Waals surface area contributed by atoms with Gasteiger partial charge in [-0.25, -0.2) is 4.98 Å². The number of ether oxygens (including phenoxy) is 1. The number of amides is 1. The lowest BCUT2D eigenvalue weighted by atomic mass is 10.1. The van der Waals surface area contributed by atoms with Gasteiger partial charge in [-0.05, 0) is 37.6 Å². The van der Waals surface area contributed by atoms with Crippen LogP contribution in [0.3, 0.4) is 0 Å². The first-order chi connectivity index (χ1) is 11.7. The van der Waals surface area contributed by atoms with Crippen LogP contribution in [0.5, 0.6) is 5.75 Å². The van der Waals surface area contributed by atoms with Crippen molar-refractivity contribution in [2.45, 2.75) is 32.7 Å². The lowest BCUT2D eigenvalue weighted by molar-refractivity contribution is -0.121. The number of nitrogens with one attached hydrogen (secondary N) is 1. The summed E-state index contributed by atoms with van der Waals surface area (Å²) in [5.74, 6) is 0.608. The van der Waals surface area contributed by atoms with E-state index in [9.17, 15) is 9.59 Å². The van der Waals surface area contributed by atoms with Crippen molar-refractivity contribution in [1.29, 1.82) is 0 Å². The number of hydrogen-bond acceptors (Lipinski definition) is 4. The smallest absolute Gasteiger partial charge is 0.220 e. The zero-order valence-electron chi connectivity index (χ0n) is 13.9. The van der Waals surface area contributed by atoms with Gasteiger partial charge >= 0.3 is 0 Å². The number of imidazole rings is 1. The van der Waals surface area contributed by atoms with E-state index in [0.717, 1.165) is 18.7 Å². The van der Waals surface area contributed by atoms with Crippen molar-refractivity contribution in [2.75, 3.05) is 13.2 Å². The van der Waals surface area contributed by atoms with Crippen LogP contribution in [0.4, 0.5) is 0 Å². The second kappa shape index (κ2) is 9.50. The predicted octanol–water partition coefficient (Wildman–Crippen LogP) is 2.45. The van der Waals surface area contributed by atoms with Crippen LogP contribution in [-0.2, 0) is 11.3 Å². The molecule has 0 saturated carbocycles. The van der Waals surface area contributed by atoms with Gasteiger partial charge in [-0.1, -0.05) is 0 Å². The molecule has 0 bridgehead atoms. The molecule has 6 nitrogen and oxygen atoms in total. The average Bonchev–Trinajstić information content (AvgIpc) is 3.11. The van der Waals surface area contributed by atoms with Crippen LogP contribution >= 0.6 is 0 Å². The third-order valence-electron chi connectivity index (χ3n) is 3.54. The first-order valence-electron chi connectivity index (χ1n) is 8.17. The zero-order valence-corrected chi connectivity index (χ0v) is 13.9. The number of Topliss-reactive ketones (excluding diaryl/α,β-unsaturated/α-hetero) is 1. The fourth-order valence-corrected chi connectivity index (χ4v) is 2.27. The Labute approximate surface area is 141 Å². The Bertz CT molecular complexity index is 636. The lowest BCUT2D eigenvalue weighted by Crippen LogP contribution is -2.25. The first kappa shape index (κ1) is 17.7. The van der Waals surface area contributed by atoms with Crippen LogP contribution in [0.1, 0.15) is 36.5 Å². The third-order valence-corrected chi connectivity index (χ3v) is 3.54. The molecular weight excluding hydrogens is 306 g/mol. The minimum atomic E-state index is -0.0973. The van der Waals surface area contributed by atoms with Gasteiger partial charge in [0.15, 0.2) is 5.78 Å². The van der Waals surface area contributed by atoms with E-state index in [1.807, 2.05) is 17.7 Å². The largest absolute Gasteiger partial charge is 0.494 e. The van der Waals surface area contributed by atoms with Crippen molar-refractivity contribution in [3.05, 3.63) is 48.5 Å². The molecule has 6 heteroatoms. The summed E-state index contributed by atoms with van der Waals surface area (Å²) in [6, 6.07) is 7.01. The topological polar surface area (TPSA) is 73.2 Å². The number of aromatic nitrogens is 2. The molecule has 1 aromatic heterocycles. The minimum absolute atomic E-state index is 0.0355. The van der Waals surface area contributed by atoms with Crippen molar-refractivity contribution in [3.63, 3.8) is 0 Å². The molecule has 2 aromatic rings. The van der Waals surface area contributed by atoms with Crippen molar-refractivity contribution in [3.8, 4) is 5.75 Å². The van der Waals surface area contributed by atoms with E-state index < -0.39 is 0 Å². The summed E-state index contributed by atoms with van der Waals surface area (Å²) in [6.07, 6.45) is 6.60. The molecular formula is C18H23N3O3. The number of rotatable bonds is 10. The quantitative estimate of drug-likeness (QED) is 0.537. The Balaban J connectivity index is 1.64. The summed E-state index contributed by atoms with van der Waals surface area (Å²) in [5.41, 5.74) is 0.603. The summed E-state index contributed by atoms with van der Waals surface area (Å²) in [5, 5.41) is 2.83. The molecule has 0 atom stereocenters. The molecule has 0 fully saturated rings. The Morgan fingerprint density at radius 3 is 2.67 bits per heavy atom. The molecule has 0 unspecified atom stereocenters. The SMILES string of the molecule is CCOc1ccc(C(=O)CCC(=O)NCCCn2ccnc2)cc1. The number of benzene rings is 1. The maximum absolute atomic E-state index is 12.1. The van der Waals surface area contributed by atoms with Crippen LogP contribution in [0.2, 0.25) is 0 Å². The molecule has 1 N–H and O–H groups in total. The zero-order chi connectivity index (χ0) is 17.2. The fourth-order valence-electron chi connectivity index (χ4n) is 2.27. The summed E-state index contributed by atoms with van der Waals surface area (Å²) < 4.78 is 7.30. The van der Waals surface area contributed by atoms with E-state index in [-0.39, 0.29) is 24.5 Å². The van der Waals surface area contributed by atoms with Gasteiger partial charge < -0.3 is 14.6 Å². The Morgan fingerprint density at radius 2 is 2.00 bits per heavy atom. The highest BCUT2D eigenvalue weighted by molar-refractivity contribution is 5.98. The molecule has 128 valence electrons. The van der Waals surface area contributed by atoms with Crippen LogP contribution in [0.15, 0.2) is 43.0 Å². The van der Waals surface area contributed by atoms with Gasteiger partial charge in [0.05, 0.1) is 12.9 Å². The van der Waals surface area contributed by atoms with Crippen molar-refractivity contribution >= 4 is 11.7 Å². The Hall–Kier alpha value is -2.63. The van der Waals surface area contributed by atoms with Crippen molar-refractivity contribution in [2.24, 2.45) is 0 Å². The van der Waals surface area contributed by atoms with E-state index in [2.05, 4.69) is 10.3 Å². The number of carbonyl (C=O) groups excluding carboxylic acids is 2. The fraction of sp³-hybridized carbons (Fsp3) is 0.389. The molecule has 1 aromatic carbocycles. The second-order valence-corrected chi connectivity index (χ2v) is 5.38. The molecule has 0 spiro atoms. The number of carbonyl (C=O) groups is 2. The van der Waals surface area contributed by atoms with Gasteiger partial charge in [0, 0.05) is 43.9 Å². The summed E-state index contributed by atoms with van der Waals surface area (Å²) in [6.45, 7) is 3.90. The van der Waals surface area contributed by atoms with Crippen molar-refractivity contribution < 1.29 is 14.3 Å². The van der Waals surface area contributed by atoms with Gasteiger partial charge in [0.2, 0.25) is 5.91 Å². The molecule has 0 aliphatic rings. The van der Waals surface area contributed by atoms with Crippen LogP contribution < -0.4 is 10.1 Å². The number of hydrogen-bond donors (Lipinski definition) is 1. The molecule has 0 aliphatic carbocycles. The highest BCUT2D eigenvalue weighted by Gasteiger charge is 2.09. The summed E-state index contributed by atoms with van der Waals surface area (Å²) in [7, 11) is 0. The Kier molecular flexibility index (Phi) is 7.01. The second-order valence-electron chi connectivity index (χ2n) is 5.38. The summed E-state index contributed by atoms with van der Waals surface area (Å²) >= 11 is 0. The van der Waals surface area contributed by atoms with Gasteiger partial charge in [0.1, 0.15) is 5.75 Å². The third kappa shape index (κ3) is 5.87. The standard InChI is InChI=1S/C18H23N3O3/c1-2-24-16-6-4-15(5-7-16)17(22)8-9-18(23)20-10-3-12-21-13-11-19-14-21/h4-7,11,13-14H,2-3,8-10,12H2,1H3,(H,20,23). The average molecular weight is 329 g/mol. The van der Waals surface area contributed by atoms with Crippen LogP contribution in [-0.4, -0.2) is 34.4 Å². The predicted molar refractivity (Wildman–Crippen MR) is 91.0 cm³/mol. The molecule has 2 rings (SSSR count). The maximum atomic E-state index is 12.1. The monoisotopic (exact) mass is 329 g/mol. The molecule has 0 aliphatic heterocycles. The van der Waals surface area contributed by atoms with Gasteiger partial charge in [-0.15, -0.1) is 0 Å². The van der Waals surface area contributed by atoms with E-state index >= 15 is 0 Å².